The Morgan fingerprint density at radius 1 is 1.19 bits per heavy atom. The first kappa shape index (κ1) is 10.1. The first-order valence-electron chi connectivity index (χ1n) is 5.43. The number of halogens is 3. The highest BCUT2D eigenvalue weighted by molar-refractivity contribution is 5.15. The fourth-order valence-corrected chi connectivity index (χ4v) is 2.83. The van der Waals surface area contributed by atoms with Crippen molar-refractivity contribution < 1.29 is 17.6 Å². The summed E-state index contributed by atoms with van der Waals surface area (Å²) in [5.41, 5.74) is 0. The molecule has 0 aromatic carbocycles. The Morgan fingerprint density at radius 2 is 1.88 bits per heavy atom. The zero-order valence-corrected chi connectivity index (χ0v) is 8.50. The van der Waals surface area contributed by atoms with E-state index in [9.17, 15) is 13.2 Å². The smallest absolute Gasteiger partial charge is 0.397 e. The maximum atomic E-state index is 12.1. The van der Waals surface area contributed by atoms with Crippen LogP contribution in [0.2, 0.25) is 0 Å². The van der Waals surface area contributed by atoms with E-state index in [0.717, 1.165) is 12.8 Å². The van der Waals surface area contributed by atoms with Crippen LogP contribution in [0.5, 0.6) is 0 Å². The largest absolute Gasteiger partial charge is 0.425 e. The van der Waals surface area contributed by atoms with Gasteiger partial charge < -0.3 is 4.42 Å². The van der Waals surface area contributed by atoms with E-state index in [1.54, 1.807) is 0 Å². The SMILES string of the molecule is FC(F)(F)Cc1nnc(C2[C@H]3CCC[C@@H]23)o1. The summed E-state index contributed by atoms with van der Waals surface area (Å²) in [6.45, 7) is 0. The number of nitrogens with zero attached hydrogens (tertiary/aromatic N) is 2. The maximum absolute atomic E-state index is 12.1. The molecule has 2 aliphatic carbocycles. The van der Waals surface area contributed by atoms with Crippen molar-refractivity contribution >= 4 is 0 Å². The normalized spacial score (nSPS) is 32.8. The molecule has 6 heteroatoms. The topological polar surface area (TPSA) is 38.9 Å². The third-order valence-electron chi connectivity index (χ3n) is 3.53. The minimum atomic E-state index is -4.27. The van der Waals surface area contributed by atoms with Gasteiger partial charge in [-0.25, -0.2) is 0 Å². The standard InChI is InChI=1S/C10H11F3N2O/c11-10(12,13)4-7-14-15-9(16-7)8-5-2-1-3-6(5)8/h5-6,8H,1-4H2/t5-,6+,8?. The zero-order chi connectivity index (χ0) is 11.3. The number of hydrogen-bond donors (Lipinski definition) is 0. The Kier molecular flexibility index (Phi) is 2.03. The Hall–Kier alpha value is -1.07. The molecule has 0 aliphatic heterocycles. The van der Waals surface area contributed by atoms with Crippen LogP contribution < -0.4 is 0 Å². The zero-order valence-electron chi connectivity index (χ0n) is 8.50. The van der Waals surface area contributed by atoms with Gasteiger partial charge in [0.25, 0.3) is 0 Å². The van der Waals surface area contributed by atoms with Crippen molar-refractivity contribution in [2.24, 2.45) is 11.8 Å². The summed E-state index contributed by atoms with van der Waals surface area (Å²) < 4.78 is 41.3. The van der Waals surface area contributed by atoms with E-state index in [1.165, 1.54) is 6.42 Å². The van der Waals surface area contributed by atoms with Gasteiger partial charge in [0.05, 0.1) is 0 Å². The van der Waals surface area contributed by atoms with Crippen molar-refractivity contribution in [2.75, 3.05) is 0 Å². The molecule has 0 spiro atoms. The fraction of sp³-hybridized carbons (Fsp3) is 0.800. The number of rotatable bonds is 2. The lowest BCUT2D eigenvalue weighted by molar-refractivity contribution is -0.130. The van der Waals surface area contributed by atoms with Gasteiger partial charge in [-0.2, -0.15) is 13.2 Å². The minimum absolute atomic E-state index is 0.239. The summed E-state index contributed by atoms with van der Waals surface area (Å²) in [7, 11) is 0. The molecule has 1 aromatic rings. The quantitative estimate of drug-likeness (QED) is 0.786. The molecule has 2 saturated carbocycles. The van der Waals surface area contributed by atoms with E-state index >= 15 is 0 Å². The average Bonchev–Trinajstić information content (AvgIpc) is 2.63. The fourth-order valence-electron chi connectivity index (χ4n) is 2.83. The van der Waals surface area contributed by atoms with Crippen molar-refractivity contribution in [3.05, 3.63) is 11.8 Å². The van der Waals surface area contributed by atoms with Gasteiger partial charge in [0.2, 0.25) is 11.8 Å². The van der Waals surface area contributed by atoms with E-state index < -0.39 is 12.6 Å². The molecule has 0 bridgehead atoms. The first-order valence-corrected chi connectivity index (χ1v) is 5.43. The second kappa shape index (κ2) is 3.21. The lowest BCUT2D eigenvalue weighted by Gasteiger charge is -2.00. The van der Waals surface area contributed by atoms with Crippen LogP contribution in [-0.2, 0) is 6.42 Å². The molecular formula is C10H11F3N2O. The van der Waals surface area contributed by atoms with Crippen LogP contribution in [0, 0.1) is 11.8 Å². The van der Waals surface area contributed by atoms with Gasteiger partial charge >= 0.3 is 6.18 Å². The molecule has 0 amide bonds. The molecule has 88 valence electrons. The summed E-state index contributed by atoms with van der Waals surface area (Å²) >= 11 is 0. The Labute approximate surface area is 90.0 Å². The van der Waals surface area contributed by atoms with Gasteiger partial charge in [0, 0.05) is 5.92 Å². The van der Waals surface area contributed by atoms with Crippen molar-refractivity contribution in [1.29, 1.82) is 0 Å². The van der Waals surface area contributed by atoms with E-state index in [4.69, 9.17) is 4.42 Å². The highest BCUT2D eigenvalue weighted by Crippen LogP contribution is 2.62. The Morgan fingerprint density at radius 3 is 2.50 bits per heavy atom. The highest BCUT2D eigenvalue weighted by atomic mass is 19.4. The lowest BCUT2D eigenvalue weighted by Crippen LogP contribution is -2.11. The van der Waals surface area contributed by atoms with E-state index in [2.05, 4.69) is 10.2 Å². The molecule has 0 radical (unpaired) electrons. The molecule has 3 nitrogen and oxygen atoms in total. The molecule has 0 saturated heterocycles. The predicted molar refractivity (Wildman–Crippen MR) is 47.6 cm³/mol. The molecule has 0 N–H and O–H groups in total. The van der Waals surface area contributed by atoms with Crippen LogP contribution in [-0.4, -0.2) is 16.4 Å². The molecule has 16 heavy (non-hydrogen) atoms. The summed E-state index contributed by atoms with van der Waals surface area (Å²) in [5, 5.41) is 7.18. The number of alkyl halides is 3. The van der Waals surface area contributed by atoms with E-state index in [0.29, 0.717) is 17.7 Å². The second-order valence-electron chi connectivity index (χ2n) is 4.61. The van der Waals surface area contributed by atoms with Gasteiger partial charge in [-0.1, -0.05) is 6.42 Å². The predicted octanol–water partition coefficient (Wildman–Crippen LogP) is 2.69. The van der Waals surface area contributed by atoms with Gasteiger partial charge in [0.15, 0.2) is 0 Å². The summed E-state index contributed by atoms with van der Waals surface area (Å²) in [5.74, 6) is 1.50. The van der Waals surface area contributed by atoms with Crippen LogP contribution in [0.15, 0.2) is 4.42 Å². The third-order valence-corrected chi connectivity index (χ3v) is 3.53. The molecule has 1 aromatic heterocycles. The number of fused-ring (bicyclic) bond motifs is 1. The van der Waals surface area contributed by atoms with E-state index in [1.807, 2.05) is 0 Å². The molecule has 2 aliphatic rings. The number of hydrogen-bond acceptors (Lipinski definition) is 3. The van der Waals surface area contributed by atoms with Crippen molar-refractivity contribution in [3.63, 3.8) is 0 Å². The Balaban J connectivity index is 1.69. The van der Waals surface area contributed by atoms with Crippen LogP contribution in [0.1, 0.15) is 37.0 Å². The van der Waals surface area contributed by atoms with Crippen LogP contribution in [0.4, 0.5) is 13.2 Å². The molecule has 3 rings (SSSR count). The second-order valence-corrected chi connectivity index (χ2v) is 4.61. The van der Waals surface area contributed by atoms with Crippen LogP contribution in [0.3, 0.4) is 0 Å². The van der Waals surface area contributed by atoms with Crippen LogP contribution in [0.25, 0.3) is 0 Å². The highest BCUT2D eigenvalue weighted by Gasteiger charge is 2.56. The summed E-state index contributed by atoms with van der Waals surface area (Å²) in [4.78, 5) is 0. The molecular weight excluding hydrogens is 221 g/mol. The summed E-state index contributed by atoms with van der Waals surface area (Å²) in [6, 6.07) is 0. The Bertz CT molecular complexity index is 391. The molecule has 1 unspecified atom stereocenters. The number of aromatic nitrogens is 2. The van der Waals surface area contributed by atoms with Crippen LogP contribution >= 0.6 is 0 Å². The first-order chi connectivity index (χ1) is 7.54. The van der Waals surface area contributed by atoms with Gasteiger partial charge in [0.1, 0.15) is 6.42 Å². The minimum Gasteiger partial charge on any atom is -0.425 e. The molecule has 2 fully saturated rings. The summed E-state index contributed by atoms with van der Waals surface area (Å²) in [6.07, 6.45) is -1.89. The van der Waals surface area contributed by atoms with Crippen molar-refractivity contribution in [3.8, 4) is 0 Å². The third kappa shape index (κ3) is 1.70. The van der Waals surface area contributed by atoms with Crippen molar-refractivity contribution in [2.45, 2.75) is 37.8 Å². The monoisotopic (exact) mass is 232 g/mol. The molecule has 1 heterocycles. The maximum Gasteiger partial charge on any atom is 0.397 e. The van der Waals surface area contributed by atoms with Gasteiger partial charge in [-0.05, 0) is 24.7 Å². The average molecular weight is 232 g/mol. The van der Waals surface area contributed by atoms with E-state index in [-0.39, 0.29) is 11.8 Å². The van der Waals surface area contributed by atoms with Gasteiger partial charge in [-0.3, -0.25) is 0 Å². The molecule has 3 atom stereocenters. The van der Waals surface area contributed by atoms with Crippen molar-refractivity contribution in [1.82, 2.24) is 10.2 Å². The lowest BCUT2D eigenvalue weighted by atomic mass is 10.1. The van der Waals surface area contributed by atoms with Gasteiger partial charge in [-0.15, -0.1) is 10.2 Å².